The van der Waals surface area contributed by atoms with Crippen molar-refractivity contribution in [1.29, 1.82) is 0 Å². The highest BCUT2D eigenvalue weighted by Gasteiger charge is 2.18. The second kappa shape index (κ2) is 6.27. The van der Waals surface area contributed by atoms with Crippen molar-refractivity contribution >= 4 is 23.1 Å². The van der Waals surface area contributed by atoms with E-state index in [4.69, 9.17) is 4.98 Å². The van der Waals surface area contributed by atoms with Gasteiger partial charge in [-0.3, -0.25) is 0 Å². The van der Waals surface area contributed by atoms with E-state index in [1.165, 1.54) is 27.6 Å². The summed E-state index contributed by atoms with van der Waals surface area (Å²) in [6.07, 6.45) is 6.50. The number of aromatic nitrogens is 1. The second-order valence-corrected chi connectivity index (χ2v) is 6.82. The lowest BCUT2D eigenvalue weighted by Gasteiger charge is -2.19. The molecule has 0 radical (unpaired) electrons. The van der Waals surface area contributed by atoms with Crippen LogP contribution < -0.4 is 0 Å². The topological polar surface area (TPSA) is 12.9 Å². The number of para-hydroxylation sites is 1. The highest BCUT2D eigenvalue weighted by Crippen LogP contribution is 2.34. The maximum atomic E-state index is 5.12. The fraction of sp³-hybridized carbons (Fsp3) is 0.0800. The van der Waals surface area contributed by atoms with E-state index in [1.54, 1.807) is 0 Å². The zero-order valence-corrected chi connectivity index (χ0v) is 14.5. The Morgan fingerprint density at radius 2 is 1.50 bits per heavy atom. The van der Waals surface area contributed by atoms with Gasteiger partial charge in [0.05, 0.1) is 11.2 Å². The van der Waals surface area contributed by atoms with E-state index in [0.29, 0.717) is 0 Å². The molecule has 0 unspecified atom stereocenters. The highest BCUT2D eigenvalue weighted by atomic mass is 14.7. The summed E-state index contributed by atoms with van der Waals surface area (Å²) in [6.45, 7) is 0. The number of hydrogen-bond donors (Lipinski definition) is 0. The zero-order valence-electron chi connectivity index (χ0n) is 14.5. The average Bonchev–Trinajstić information content (AvgIpc) is 2.71. The Morgan fingerprint density at radius 1 is 0.692 bits per heavy atom. The first-order valence-corrected chi connectivity index (χ1v) is 9.12. The molecule has 0 fully saturated rings. The summed E-state index contributed by atoms with van der Waals surface area (Å²) in [5, 5.41) is 1.22. The predicted molar refractivity (Wildman–Crippen MR) is 110 cm³/mol. The molecule has 1 heterocycles. The van der Waals surface area contributed by atoms with Gasteiger partial charge in [0.15, 0.2) is 0 Å². The van der Waals surface area contributed by atoms with Gasteiger partial charge in [-0.15, -0.1) is 0 Å². The summed E-state index contributed by atoms with van der Waals surface area (Å²) in [5.41, 5.74) is 8.65. The maximum Gasteiger partial charge on any atom is 0.0782 e. The van der Waals surface area contributed by atoms with E-state index in [9.17, 15) is 0 Å². The molecular formula is C25H19N. The van der Waals surface area contributed by atoms with Gasteiger partial charge in [-0.25, -0.2) is 4.98 Å². The Kier molecular flexibility index (Phi) is 3.64. The monoisotopic (exact) mass is 333 g/mol. The minimum Gasteiger partial charge on any atom is -0.247 e. The van der Waals surface area contributed by atoms with Crippen molar-refractivity contribution in [2.45, 2.75) is 12.8 Å². The van der Waals surface area contributed by atoms with Crippen molar-refractivity contribution in [3.63, 3.8) is 0 Å². The van der Waals surface area contributed by atoms with Gasteiger partial charge >= 0.3 is 0 Å². The van der Waals surface area contributed by atoms with E-state index in [-0.39, 0.29) is 0 Å². The Labute approximate surface area is 153 Å². The summed E-state index contributed by atoms with van der Waals surface area (Å²) >= 11 is 0. The molecule has 0 saturated heterocycles. The fourth-order valence-electron chi connectivity index (χ4n) is 3.81. The van der Waals surface area contributed by atoms with E-state index < -0.39 is 0 Å². The average molecular weight is 333 g/mol. The summed E-state index contributed by atoms with van der Waals surface area (Å²) in [4.78, 5) is 5.12. The van der Waals surface area contributed by atoms with Crippen molar-refractivity contribution in [3.05, 3.63) is 101 Å². The minimum atomic E-state index is 1.07. The van der Waals surface area contributed by atoms with Crippen LogP contribution in [0.25, 0.3) is 34.3 Å². The Bertz CT molecular complexity index is 1120. The molecule has 0 bridgehead atoms. The van der Waals surface area contributed by atoms with Gasteiger partial charge < -0.3 is 0 Å². The van der Waals surface area contributed by atoms with Crippen LogP contribution in [0.2, 0.25) is 0 Å². The van der Waals surface area contributed by atoms with Crippen LogP contribution in [0.3, 0.4) is 0 Å². The highest BCUT2D eigenvalue weighted by molar-refractivity contribution is 5.92. The molecule has 0 atom stereocenters. The SMILES string of the molecule is C(=C\c1cccc2cc3c(nc12)-c1ccccc1CC3)/c1ccccc1. The molecule has 0 amide bonds. The first-order valence-electron chi connectivity index (χ1n) is 9.12. The van der Waals surface area contributed by atoms with Gasteiger partial charge in [-0.2, -0.15) is 0 Å². The molecule has 4 aromatic rings. The van der Waals surface area contributed by atoms with Crippen molar-refractivity contribution in [2.75, 3.05) is 0 Å². The molecule has 0 aliphatic heterocycles. The van der Waals surface area contributed by atoms with Crippen molar-refractivity contribution < 1.29 is 0 Å². The summed E-state index contributed by atoms with van der Waals surface area (Å²) in [5.74, 6) is 0. The third-order valence-corrected chi connectivity index (χ3v) is 5.15. The molecule has 3 aromatic carbocycles. The molecule has 5 rings (SSSR count). The number of pyridine rings is 1. The van der Waals surface area contributed by atoms with Gasteiger partial charge in [0, 0.05) is 16.5 Å². The molecule has 1 aromatic heterocycles. The molecule has 0 saturated carbocycles. The number of fused-ring (bicyclic) bond motifs is 4. The normalized spacial score (nSPS) is 12.9. The van der Waals surface area contributed by atoms with Gasteiger partial charge in [0.2, 0.25) is 0 Å². The fourth-order valence-corrected chi connectivity index (χ4v) is 3.81. The van der Waals surface area contributed by atoms with Crippen molar-refractivity contribution in [1.82, 2.24) is 4.98 Å². The molecule has 0 N–H and O–H groups in total. The lowest BCUT2D eigenvalue weighted by molar-refractivity contribution is 0.933. The van der Waals surface area contributed by atoms with Crippen molar-refractivity contribution in [2.24, 2.45) is 0 Å². The number of nitrogens with zero attached hydrogens (tertiary/aromatic N) is 1. The van der Waals surface area contributed by atoms with E-state index >= 15 is 0 Å². The van der Waals surface area contributed by atoms with E-state index in [1.807, 2.05) is 6.07 Å². The Balaban J connectivity index is 1.67. The van der Waals surface area contributed by atoms with Crippen molar-refractivity contribution in [3.8, 4) is 11.3 Å². The van der Waals surface area contributed by atoms with E-state index in [0.717, 1.165) is 29.6 Å². The molecule has 26 heavy (non-hydrogen) atoms. The third-order valence-electron chi connectivity index (χ3n) is 5.15. The first-order chi connectivity index (χ1) is 12.9. The molecule has 0 spiro atoms. The second-order valence-electron chi connectivity index (χ2n) is 6.82. The van der Waals surface area contributed by atoms with Crippen LogP contribution in [0.5, 0.6) is 0 Å². The Hall–Kier alpha value is -3.19. The summed E-state index contributed by atoms with van der Waals surface area (Å²) in [6, 6.07) is 27.8. The number of benzene rings is 3. The molecule has 1 aliphatic carbocycles. The number of hydrogen-bond acceptors (Lipinski definition) is 1. The predicted octanol–water partition coefficient (Wildman–Crippen LogP) is 6.17. The smallest absolute Gasteiger partial charge is 0.0782 e. The lowest BCUT2D eigenvalue weighted by Crippen LogP contribution is -2.06. The van der Waals surface area contributed by atoms with Gasteiger partial charge in [-0.1, -0.05) is 84.9 Å². The molecule has 124 valence electrons. The van der Waals surface area contributed by atoms with Crippen LogP contribution >= 0.6 is 0 Å². The van der Waals surface area contributed by atoms with Crippen LogP contribution in [0, 0.1) is 0 Å². The number of aryl methyl sites for hydroxylation is 2. The van der Waals surface area contributed by atoms with Crippen LogP contribution in [0.15, 0.2) is 78.9 Å². The largest absolute Gasteiger partial charge is 0.247 e. The Morgan fingerprint density at radius 3 is 2.42 bits per heavy atom. The van der Waals surface area contributed by atoms with Gasteiger partial charge in [-0.05, 0) is 35.6 Å². The third kappa shape index (κ3) is 2.62. The van der Waals surface area contributed by atoms with Gasteiger partial charge in [0.1, 0.15) is 0 Å². The van der Waals surface area contributed by atoms with Crippen LogP contribution in [0.1, 0.15) is 22.3 Å². The number of rotatable bonds is 2. The standard InChI is InChI=1S/C25H19N/c1-2-7-18(8-3-1)13-14-20-10-6-11-21-17-22-16-15-19-9-4-5-12-23(19)25(22)26-24(20)21/h1-14,17H,15-16H2/b14-13+. The molecule has 1 nitrogen and oxygen atoms in total. The van der Waals surface area contributed by atoms with Crippen LogP contribution in [-0.4, -0.2) is 4.98 Å². The quantitative estimate of drug-likeness (QED) is 0.400. The van der Waals surface area contributed by atoms with E-state index in [2.05, 4.69) is 84.9 Å². The first kappa shape index (κ1) is 15.1. The maximum absolute atomic E-state index is 5.12. The summed E-state index contributed by atoms with van der Waals surface area (Å²) < 4.78 is 0. The van der Waals surface area contributed by atoms with Gasteiger partial charge in [0.25, 0.3) is 0 Å². The molecule has 1 aliphatic rings. The lowest BCUT2D eigenvalue weighted by atomic mass is 9.88. The minimum absolute atomic E-state index is 1.07. The van der Waals surface area contributed by atoms with Crippen LogP contribution in [-0.2, 0) is 12.8 Å². The summed E-state index contributed by atoms with van der Waals surface area (Å²) in [7, 11) is 0. The molecular weight excluding hydrogens is 314 g/mol. The zero-order chi connectivity index (χ0) is 17.3. The van der Waals surface area contributed by atoms with Crippen LogP contribution in [0.4, 0.5) is 0 Å². The molecule has 1 heteroatoms.